The Balaban J connectivity index is 2.66. The van der Waals surface area contributed by atoms with Gasteiger partial charge in [-0.1, -0.05) is 17.9 Å². The lowest BCUT2D eigenvalue weighted by atomic mass is 9.98. The highest BCUT2D eigenvalue weighted by Gasteiger charge is 2.05. The molecule has 0 aromatic heterocycles. The maximum atomic E-state index is 9.48. The Morgan fingerprint density at radius 1 is 1.33 bits per heavy atom. The summed E-state index contributed by atoms with van der Waals surface area (Å²) in [7, 11) is 0. The Hall–Kier alpha value is -1.46. The second-order valence-corrected chi connectivity index (χ2v) is 5.54. The monoisotopic (exact) mass is 246 g/mol. The van der Waals surface area contributed by atoms with Gasteiger partial charge in [-0.15, -0.1) is 0 Å². The van der Waals surface area contributed by atoms with Crippen molar-refractivity contribution in [2.45, 2.75) is 40.7 Å². The third kappa shape index (κ3) is 4.81. The summed E-state index contributed by atoms with van der Waals surface area (Å²) in [5.41, 5.74) is 1.93. The molecule has 0 aliphatic carbocycles. The fourth-order valence-electron chi connectivity index (χ4n) is 1.51. The minimum absolute atomic E-state index is 0.00851. The van der Waals surface area contributed by atoms with E-state index in [9.17, 15) is 5.11 Å². The summed E-state index contributed by atoms with van der Waals surface area (Å²) in [6.45, 7) is 10.3. The Labute approximate surface area is 110 Å². The zero-order valence-corrected chi connectivity index (χ0v) is 11.9. The molecular formula is C16H22O2. The zero-order chi connectivity index (χ0) is 13.8. The fourth-order valence-corrected chi connectivity index (χ4v) is 1.51. The highest BCUT2D eigenvalue weighted by Crippen LogP contribution is 2.22. The predicted octanol–water partition coefficient (Wildman–Crippen LogP) is 3.48. The van der Waals surface area contributed by atoms with Crippen molar-refractivity contribution in [1.29, 1.82) is 0 Å². The normalized spacial score (nSPS) is 12.6. The largest absolute Gasteiger partial charge is 0.481 e. The van der Waals surface area contributed by atoms with Gasteiger partial charge in [-0.2, -0.15) is 0 Å². The van der Waals surface area contributed by atoms with Crippen molar-refractivity contribution in [1.82, 2.24) is 0 Å². The second kappa shape index (κ2) is 5.93. The van der Waals surface area contributed by atoms with E-state index in [0.717, 1.165) is 16.9 Å². The number of aliphatic hydroxyl groups is 1. The van der Waals surface area contributed by atoms with Gasteiger partial charge < -0.3 is 9.84 Å². The van der Waals surface area contributed by atoms with E-state index in [-0.39, 0.29) is 5.41 Å². The van der Waals surface area contributed by atoms with Crippen LogP contribution in [0, 0.1) is 24.2 Å². The van der Waals surface area contributed by atoms with Gasteiger partial charge in [-0.3, -0.25) is 0 Å². The molecule has 0 saturated carbocycles. The standard InChI is InChI=1S/C16H22O2/c1-12-11-14(13(2)17)7-8-15(12)18-10-6-9-16(3,4)5/h7-8,11,13,17H,10H2,1-5H3/t13-/m0/s1. The number of hydrogen-bond donors (Lipinski definition) is 1. The van der Waals surface area contributed by atoms with E-state index in [0.29, 0.717) is 6.61 Å². The lowest BCUT2D eigenvalue weighted by molar-refractivity contribution is 0.199. The van der Waals surface area contributed by atoms with Crippen molar-refractivity contribution < 1.29 is 9.84 Å². The van der Waals surface area contributed by atoms with Gasteiger partial charge >= 0.3 is 0 Å². The van der Waals surface area contributed by atoms with E-state index in [4.69, 9.17) is 4.74 Å². The molecule has 1 N–H and O–H groups in total. The molecule has 1 rings (SSSR count). The summed E-state index contributed by atoms with van der Waals surface area (Å²) in [5, 5.41) is 9.48. The quantitative estimate of drug-likeness (QED) is 0.827. The topological polar surface area (TPSA) is 29.5 Å². The summed E-state index contributed by atoms with van der Waals surface area (Å²) in [4.78, 5) is 0. The highest BCUT2D eigenvalue weighted by molar-refractivity contribution is 5.37. The number of rotatable bonds is 3. The molecule has 1 aromatic rings. The zero-order valence-electron chi connectivity index (χ0n) is 11.9. The molecule has 2 heteroatoms. The third-order valence-corrected chi connectivity index (χ3v) is 2.44. The van der Waals surface area contributed by atoms with E-state index < -0.39 is 6.10 Å². The van der Waals surface area contributed by atoms with Crippen molar-refractivity contribution in [2.75, 3.05) is 6.61 Å². The van der Waals surface area contributed by atoms with Crippen molar-refractivity contribution in [3.05, 3.63) is 29.3 Å². The number of benzene rings is 1. The molecule has 0 heterocycles. The lowest BCUT2D eigenvalue weighted by Gasteiger charge is -2.11. The van der Waals surface area contributed by atoms with E-state index in [2.05, 4.69) is 32.6 Å². The molecule has 2 nitrogen and oxygen atoms in total. The van der Waals surface area contributed by atoms with Crippen LogP contribution in [0.25, 0.3) is 0 Å². The molecule has 1 atom stereocenters. The SMILES string of the molecule is Cc1cc([C@H](C)O)ccc1OCC#CC(C)(C)C. The average molecular weight is 246 g/mol. The molecule has 0 fully saturated rings. The Bertz CT molecular complexity index is 456. The molecule has 0 spiro atoms. The van der Waals surface area contributed by atoms with E-state index in [1.165, 1.54) is 0 Å². The Morgan fingerprint density at radius 3 is 2.50 bits per heavy atom. The Kier molecular flexibility index (Phi) is 4.81. The summed E-state index contributed by atoms with van der Waals surface area (Å²) < 4.78 is 5.61. The van der Waals surface area contributed by atoms with E-state index in [1.807, 2.05) is 25.1 Å². The Morgan fingerprint density at radius 2 is 2.00 bits per heavy atom. The van der Waals surface area contributed by atoms with Crippen molar-refractivity contribution in [3.63, 3.8) is 0 Å². The predicted molar refractivity (Wildman–Crippen MR) is 74.5 cm³/mol. The lowest BCUT2D eigenvalue weighted by Crippen LogP contribution is -2.02. The molecular weight excluding hydrogens is 224 g/mol. The van der Waals surface area contributed by atoms with Gasteiger partial charge in [0.2, 0.25) is 0 Å². The molecule has 98 valence electrons. The number of ether oxygens (including phenoxy) is 1. The van der Waals surface area contributed by atoms with Crippen LogP contribution >= 0.6 is 0 Å². The first-order valence-corrected chi connectivity index (χ1v) is 6.21. The minimum Gasteiger partial charge on any atom is -0.481 e. The van der Waals surface area contributed by atoms with Gasteiger partial charge in [0.15, 0.2) is 0 Å². The molecule has 0 amide bonds. The molecule has 0 bridgehead atoms. The molecule has 18 heavy (non-hydrogen) atoms. The number of hydrogen-bond acceptors (Lipinski definition) is 2. The van der Waals surface area contributed by atoms with Crippen molar-refractivity contribution in [2.24, 2.45) is 5.41 Å². The van der Waals surface area contributed by atoms with Gasteiger partial charge in [-0.05, 0) is 57.9 Å². The van der Waals surface area contributed by atoms with Crippen LogP contribution in [0.15, 0.2) is 18.2 Å². The summed E-state index contributed by atoms with van der Waals surface area (Å²) >= 11 is 0. The van der Waals surface area contributed by atoms with E-state index >= 15 is 0 Å². The average Bonchev–Trinajstić information content (AvgIpc) is 2.24. The van der Waals surface area contributed by atoms with E-state index in [1.54, 1.807) is 6.92 Å². The van der Waals surface area contributed by atoms with Crippen LogP contribution in [0.1, 0.15) is 44.9 Å². The summed E-state index contributed by atoms with van der Waals surface area (Å²) in [5.74, 6) is 6.96. The molecule has 0 radical (unpaired) electrons. The minimum atomic E-state index is -0.446. The molecule has 0 aliphatic heterocycles. The highest BCUT2D eigenvalue weighted by atomic mass is 16.5. The van der Waals surface area contributed by atoms with Crippen LogP contribution in [0.2, 0.25) is 0 Å². The van der Waals surface area contributed by atoms with Gasteiger partial charge in [0.05, 0.1) is 6.10 Å². The van der Waals surface area contributed by atoms with Crippen LogP contribution in [0.4, 0.5) is 0 Å². The van der Waals surface area contributed by atoms with Gasteiger partial charge in [0.1, 0.15) is 12.4 Å². The van der Waals surface area contributed by atoms with Crippen LogP contribution in [0.5, 0.6) is 5.75 Å². The van der Waals surface area contributed by atoms with Gasteiger partial charge in [0, 0.05) is 5.41 Å². The number of aliphatic hydroxyl groups excluding tert-OH is 1. The maximum absolute atomic E-state index is 9.48. The van der Waals surface area contributed by atoms with Gasteiger partial charge in [-0.25, -0.2) is 0 Å². The molecule has 0 saturated heterocycles. The second-order valence-electron chi connectivity index (χ2n) is 5.54. The molecule has 0 aliphatic rings. The van der Waals surface area contributed by atoms with Crippen LogP contribution < -0.4 is 4.74 Å². The van der Waals surface area contributed by atoms with Crippen molar-refractivity contribution in [3.8, 4) is 17.6 Å². The molecule has 1 aromatic carbocycles. The summed E-state index contributed by atoms with van der Waals surface area (Å²) in [6, 6.07) is 5.71. The van der Waals surface area contributed by atoms with Crippen LogP contribution in [0.3, 0.4) is 0 Å². The van der Waals surface area contributed by atoms with Gasteiger partial charge in [0.25, 0.3) is 0 Å². The third-order valence-electron chi connectivity index (χ3n) is 2.44. The number of aryl methyl sites for hydroxylation is 1. The molecule has 0 unspecified atom stereocenters. The first-order valence-electron chi connectivity index (χ1n) is 6.21. The fraction of sp³-hybridized carbons (Fsp3) is 0.500. The van der Waals surface area contributed by atoms with Crippen LogP contribution in [-0.2, 0) is 0 Å². The smallest absolute Gasteiger partial charge is 0.149 e. The first-order chi connectivity index (χ1) is 8.29. The van der Waals surface area contributed by atoms with Crippen molar-refractivity contribution >= 4 is 0 Å². The van der Waals surface area contributed by atoms with Crippen LogP contribution in [-0.4, -0.2) is 11.7 Å². The maximum Gasteiger partial charge on any atom is 0.149 e. The summed E-state index contributed by atoms with van der Waals surface area (Å²) in [6.07, 6.45) is -0.446. The first kappa shape index (κ1) is 14.6.